The predicted molar refractivity (Wildman–Crippen MR) is 71.1 cm³/mol. The number of aliphatic hydroxyl groups excluding tert-OH is 1. The van der Waals surface area contributed by atoms with Crippen LogP contribution in [0.2, 0.25) is 0 Å². The zero-order valence-corrected chi connectivity index (χ0v) is 11.5. The second-order valence-electron chi connectivity index (χ2n) is 5.05. The Morgan fingerprint density at radius 1 is 1.47 bits per heavy atom. The van der Waals surface area contributed by atoms with Crippen molar-refractivity contribution in [1.29, 1.82) is 5.26 Å². The average molecular weight is 252 g/mol. The van der Waals surface area contributed by atoms with Crippen molar-refractivity contribution >= 4 is 11.3 Å². The van der Waals surface area contributed by atoms with Gasteiger partial charge in [-0.1, -0.05) is 20.8 Å². The van der Waals surface area contributed by atoms with E-state index in [0.29, 0.717) is 13.0 Å². The van der Waals surface area contributed by atoms with Gasteiger partial charge in [-0.2, -0.15) is 5.26 Å². The van der Waals surface area contributed by atoms with Crippen LogP contribution in [0.15, 0.2) is 12.1 Å². The molecule has 3 nitrogen and oxygen atoms in total. The van der Waals surface area contributed by atoms with E-state index in [2.05, 4.69) is 38.2 Å². The van der Waals surface area contributed by atoms with Crippen LogP contribution < -0.4 is 5.32 Å². The highest BCUT2D eigenvalue weighted by atomic mass is 32.1. The van der Waals surface area contributed by atoms with Crippen LogP contribution in [0.1, 0.15) is 43.0 Å². The van der Waals surface area contributed by atoms with Gasteiger partial charge in [0.05, 0.1) is 6.07 Å². The van der Waals surface area contributed by atoms with Crippen LogP contribution in [0.3, 0.4) is 0 Å². The fourth-order valence-electron chi connectivity index (χ4n) is 1.45. The Bertz CT molecular complexity index is 387. The van der Waals surface area contributed by atoms with Gasteiger partial charge in [0.15, 0.2) is 0 Å². The normalized spacial score (nSPS) is 13.4. The number of nitriles is 1. The molecule has 0 fully saturated rings. The fraction of sp³-hybridized carbons (Fsp3) is 0.615. The first-order valence-corrected chi connectivity index (χ1v) is 6.64. The molecule has 1 heterocycles. The highest BCUT2D eigenvalue weighted by Gasteiger charge is 2.19. The molecule has 1 unspecified atom stereocenters. The molecule has 0 aliphatic rings. The third-order valence-corrected chi connectivity index (χ3v) is 4.04. The second-order valence-corrected chi connectivity index (χ2v) is 6.16. The highest BCUT2D eigenvalue weighted by Crippen LogP contribution is 2.32. The Morgan fingerprint density at radius 3 is 2.65 bits per heavy atom. The molecule has 0 aliphatic carbocycles. The molecular formula is C13H20N2OS. The SMILES string of the molecule is CC(C)(C)c1ccc(C(C#N)NCCCO)s1. The first-order chi connectivity index (χ1) is 7.99. The number of hydrogen-bond donors (Lipinski definition) is 2. The maximum atomic E-state index is 9.12. The maximum Gasteiger partial charge on any atom is 0.130 e. The Labute approximate surface area is 107 Å². The van der Waals surface area contributed by atoms with Crippen LogP contribution in [0.5, 0.6) is 0 Å². The molecular weight excluding hydrogens is 232 g/mol. The summed E-state index contributed by atoms with van der Waals surface area (Å²) in [6.45, 7) is 7.33. The smallest absolute Gasteiger partial charge is 0.130 e. The maximum absolute atomic E-state index is 9.12. The van der Waals surface area contributed by atoms with Crippen molar-refractivity contribution in [3.63, 3.8) is 0 Å². The molecule has 0 radical (unpaired) electrons. The third-order valence-electron chi connectivity index (χ3n) is 2.46. The van der Waals surface area contributed by atoms with Gasteiger partial charge >= 0.3 is 0 Å². The van der Waals surface area contributed by atoms with Crippen LogP contribution in [0.4, 0.5) is 0 Å². The average Bonchev–Trinajstić information content (AvgIpc) is 2.73. The van der Waals surface area contributed by atoms with E-state index in [4.69, 9.17) is 10.4 Å². The fourth-order valence-corrected chi connectivity index (χ4v) is 2.53. The van der Waals surface area contributed by atoms with Crippen LogP contribution >= 0.6 is 11.3 Å². The summed E-state index contributed by atoms with van der Waals surface area (Å²) >= 11 is 1.68. The number of nitrogens with one attached hydrogen (secondary N) is 1. The summed E-state index contributed by atoms with van der Waals surface area (Å²) in [5.74, 6) is 0. The number of nitrogens with zero attached hydrogens (tertiary/aromatic N) is 1. The summed E-state index contributed by atoms with van der Waals surface area (Å²) in [4.78, 5) is 2.34. The number of thiophene rings is 1. The summed E-state index contributed by atoms with van der Waals surface area (Å²) in [5.41, 5.74) is 0.133. The molecule has 0 saturated carbocycles. The lowest BCUT2D eigenvalue weighted by atomic mass is 9.95. The Morgan fingerprint density at radius 2 is 2.18 bits per heavy atom. The topological polar surface area (TPSA) is 56.0 Å². The van der Waals surface area contributed by atoms with E-state index in [0.717, 1.165) is 4.88 Å². The van der Waals surface area contributed by atoms with Gasteiger partial charge in [-0.15, -0.1) is 11.3 Å². The van der Waals surface area contributed by atoms with Crippen LogP contribution in [0, 0.1) is 11.3 Å². The van der Waals surface area contributed by atoms with Crippen LogP contribution in [-0.4, -0.2) is 18.3 Å². The van der Waals surface area contributed by atoms with Gasteiger partial charge in [0.2, 0.25) is 0 Å². The van der Waals surface area contributed by atoms with E-state index in [1.54, 1.807) is 11.3 Å². The summed E-state index contributed by atoms with van der Waals surface area (Å²) in [6.07, 6.45) is 0.676. The lowest BCUT2D eigenvalue weighted by molar-refractivity contribution is 0.285. The first-order valence-electron chi connectivity index (χ1n) is 5.83. The van der Waals surface area contributed by atoms with Gasteiger partial charge in [0.1, 0.15) is 6.04 Å². The third kappa shape index (κ3) is 4.12. The molecule has 1 rings (SSSR count). The summed E-state index contributed by atoms with van der Waals surface area (Å²) < 4.78 is 0. The van der Waals surface area contributed by atoms with Crippen molar-refractivity contribution in [2.75, 3.05) is 13.2 Å². The van der Waals surface area contributed by atoms with Crippen LogP contribution in [0.25, 0.3) is 0 Å². The zero-order valence-electron chi connectivity index (χ0n) is 10.7. The van der Waals surface area contributed by atoms with Gasteiger partial charge in [-0.25, -0.2) is 0 Å². The minimum absolute atomic E-state index is 0.133. The molecule has 1 aromatic rings. The lowest BCUT2D eigenvalue weighted by Crippen LogP contribution is -2.21. The van der Waals surface area contributed by atoms with E-state index in [9.17, 15) is 0 Å². The van der Waals surface area contributed by atoms with Gasteiger partial charge in [-0.05, 0) is 30.5 Å². The van der Waals surface area contributed by atoms with E-state index in [1.807, 2.05) is 6.07 Å². The van der Waals surface area contributed by atoms with E-state index >= 15 is 0 Å². The van der Waals surface area contributed by atoms with E-state index in [-0.39, 0.29) is 18.1 Å². The van der Waals surface area contributed by atoms with E-state index in [1.165, 1.54) is 4.88 Å². The summed E-state index contributed by atoms with van der Waals surface area (Å²) in [7, 11) is 0. The molecule has 0 spiro atoms. The molecule has 2 N–H and O–H groups in total. The first kappa shape index (κ1) is 14.2. The molecule has 1 aromatic heterocycles. The number of aliphatic hydroxyl groups is 1. The number of hydrogen-bond acceptors (Lipinski definition) is 4. The monoisotopic (exact) mass is 252 g/mol. The molecule has 0 bridgehead atoms. The molecule has 0 amide bonds. The summed E-state index contributed by atoms with van der Waals surface area (Å²) in [5, 5.41) is 21.0. The lowest BCUT2D eigenvalue weighted by Gasteiger charge is -2.15. The molecule has 0 aromatic carbocycles. The molecule has 1 atom stereocenters. The van der Waals surface area contributed by atoms with Crippen molar-refractivity contribution in [3.8, 4) is 6.07 Å². The highest BCUT2D eigenvalue weighted by molar-refractivity contribution is 7.12. The zero-order chi connectivity index (χ0) is 12.9. The van der Waals surface area contributed by atoms with Crippen molar-refractivity contribution < 1.29 is 5.11 Å². The van der Waals surface area contributed by atoms with Gasteiger partial charge in [-0.3, -0.25) is 5.32 Å². The Balaban J connectivity index is 2.70. The van der Waals surface area contributed by atoms with Gasteiger partial charge in [0, 0.05) is 16.4 Å². The quantitative estimate of drug-likeness (QED) is 0.792. The molecule has 0 saturated heterocycles. The summed E-state index contributed by atoms with van der Waals surface area (Å²) in [6, 6.07) is 6.11. The van der Waals surface area contributed by atoms with Crippen LogP contribution in [-0.2, 0) is 5.41 Å². The Hall–Kier alpha value is -0.890. The largest absolute Gasteiger partial charge is 0.396 e. The molecule has 94 valence electrons. The van der Waals surface area contributed by atoms with Crippen molar-refractivity contribution in [2.24, 2.45) is 0 Å². The van der Waals surface area contributed by atoms with Crippen molar-refractivity contribution in [3.05, 3.63) is 21.9 Å². The molecule has 4 heteroatoms. The minimum Gasteiger partial charge on any atom is -0.396 e. The number of rotatable bonds is 5. The molecule has 0 aliphatic heterocycles. The predicted octanol–water partition coefficient (Wildman–Crippen LogP) is 2.58. The second kappa shape index (κ2) is 6.15. The molecule has 17 heavy (non-hydrogen) atoms. The van der Waals surface area contributed by atoms with Gasteiger partial charge < -0.3 is 5.11 Å². The van der Waals surface area contributed by atoms with Crippen molar-refractivity contribution in [2.45, 2.75) is 38.6 Å². The van der Waals surface area contributed by atoms with Crippen molar-refractivity contribution in [1.82, 2.24) is 5.32 Å². The Kier molecular flexibility index (Phi) is 5.13. The minimum atomic E-state index is -0.261. The standard InChI is InChI=1S/C13H20N2OS/c1-13(2,3)12-6-5-11(17-12)10(9-14)15-7-4-8-16/h5-6,10,15-16H,4,7-8H2,1-3H3. The van der Waals surface area contributed by atoms with Gasteiger partial charge in [0.25, 0.3) is 0 Å². The van der Waals surface area contributed by atoms with E-state index < -0.39 is 0 Å².